The molecule has 0 saturated heterocycles. The van der Waals surface area contributed by atoms with E-state index in [1.807, 2.05) is 73.1 Å². The Labute approximate surface area is 156 Å². The van der Waals surface area contributed by atoms with Gasteiger partial charge in [-0.3, -0.25) is 0 Å². The number of anilines is 1. The van der Waals surface area contributed by atoms with Crippen LogP contribution >= 0.6 is 11.6 Å². The Morgan fingerprint density at radius 1 is 1.04 bits per heavy atom. The van der Waals surface area contributed by atoms with Crippen LogP contribution in [-0.2, 0) is 13.7 Å². The average molecular weight is 368 g/mol. The molecular formula is C19H18ClN5O. The Balaban J connectivity index is 1.68. The molecule has 2 aromatic carbocycles. The van der Waals surface area contributed by atoms with E-state index in [0.29, 0.717) is 11.0 Å². The maximum atomic E-state index is 6.12. The first kappa shape index (κ1) is 16.6. The molecule has 0 amide bonds. The number of nitrogens with zero attached hydrogens (tertiary/aromatic N) is 5. The molecule has 0 radical (unpaired) electrons. The van der Waals surface area contributed by atoms with Crippen LogP contribution in [0.3, 0.4) is 0 Å². The van der Waals surface area contributed by atoms with E-state index in [-0.39, 0.29) is 6.61 Å². The van der Waals surface area contributed by atoms with Gasteiger partial charge in [-0.05, 0) is 30.3 Å². The fraction of sp³-hybridized carbons (Fsp3) is 0.211. The van der Waals surface area contributed by atoms with Gasteiger partial charge in [-0.1, -0.05) is 23.7 Å². The van der Waals surface area contributed by atoms with Gasteiger partial charge < -0.3 is 14.2 Å². The number of aryl methyl sites for hydroxylation is 1. The highest BCUT2D eigenvalue weighted by Gasteiger charge is 2.13. The number of fused-ring (bicyclic) bond motifs is 2. The van der Waals surface area contributed by atoms with Gasteiger partial charge in [0, 0.05) is 31.6 Å². The van der Waals surface area contributed by atoms with Crippen LogP contribution < -0.4 is 9.64 Å². The van der Waals surface area contributed by atoms with Crippen LogP contribution in [0.15, 0.2) is 42.5 Å². The summed E-state index contributed by atoms with van der Waals surface area (Å²) in [5.74, 6) is 1.58. The Bertz CT molecular complexity index is 1110. The lowest BCUT2D eigenvalue weighted by Gasteiger charge is -2.15. The van der Waals surface area contributed by atoms with Crippen LogP contribution in [0.2, 0.25) is 5.02 Å². The zero-order valence-electron chi connectivity index (χ0n) is 14.8. The SMILES string of the molecule is CN(C)c1nc(OCc2nc3ccccc3n2C)nc2ccc(Cl)cc12. The largest absolute Gasteiger partial charge is 0.455 e. The lowest BCUT2D eigenvalue weighted by Crippen LogP contribution is -2.13. The Hall–Kier alpha value is -2.86. The van der Waals surface area contributed by atoms with Crippen molar-refractivity contribution in [1.82, 2.24) is 19.5 Å². The fourth-order valence-corrected chi connectivity index (χ4v) is 3.09. The number of imidazole rings is 1. The molecule has 4 rings (SSSR count). The number of para-hydroxylation sites is 2. The Morgan fingerprint density at radius 3 is 2.62 bits per heavy atom. The topological polar surface area (TPSA) is 56.1 Å². The first-order chi connectivity index (χ1) is 12.5. The summed E-state index contributed by atoms with van der Waals surface area (Å²) >= 11 is 6.12. The third-order valence-electron chi connectivity index (χ3n) is 4.25. The zero-order valence-corrected chi connectivity index (χ0v) is 15.5. The van der Waals surface area contributed by atoms with Crippen molar-refractivity contribution in [1.29, 1.82) is 0 Å². The first-order valence-corrected chi connectivity index (χ1v) is 8.58. The molecular weight excluding hydrogens is 350 g/mol. The molecule has 4 aromatic rings. The summed E-state index contributed by atoms with van der Waals surface area (Å²) in [6.45, 7) is 0.289. The van der Waals surface area contributed by atoms with Gasteiger partial charge in [0.1, 0.15) is 18.2 Å². The van der Waals surface area contributed by atoms with E-state index in [4.69, 9.17) is 16.3 Å². The van der Waals surface area contributed by atoms with Crippen molar-refractivity contribution in [2.75, 3.05) is 19.0 Å². The Morgan fingerprint density at radius 2 is 1.85 bits per heavy atom. The van der Waals surface area contributed by atoms with E-state index in [1.165, 1.54) is 0 Å². The van der Waals surface area contributed by atoms with E-state index in [9.17, 15) is 0 Å². The summed E-state index contributed by atoms with van der Waals surface area (Å²) in [6, 6.07) is 13.8. The molecule has 26 heavy (non-hydrogen) atoms. The van der Waals surface area contributed by atoms with Crippen molar-refractivity contribution in [2.24, 2.45) is 7.05 Å². The lowest BCUT2D eigenvalue weighted by molar-refractivity contribution is 0.270. The van der Waals surface area contributed by atoms with Gasteiger partial charge in [-0.25, -0.2) is 4.98 Å². The van der Waals surface area contributed by atoms with Gasteiger partial charge in [0.15, 0.2) is 0 Å². The summed E-state index contributed by atoms with van der Waals surface area (Å²) < 4.78 is 7.88. The van der Waals surface area contributed by atoms with Gasteiger partial charge in [-0.2, -0.15) is 9.97 Å². The van der Waals surface area contributed by atoms with Crippen LogP contribution in [0.25, 0.3) is 21.9 Å². The minimum absolute atomic E-state index is 0.289. The molecule has 0 aliphatic heterocycles. The lowest BCUT2D eigenvalue weighted by atomic mass is 10.2. The van der Waals surface area contributed by atoms with Gasteiger partial charge in [0.2, 0.25) is 0 Å². The van der Waals surface area contributed by atoms with Gasteiger partial charge in [0.25, 0.3) is 0 Å². The molecule has 0 unspecified atom stereocenters. The third-order valence-corrected chi connectivity index (χ3v) is 4.49. The maximum absolute atomic E-state index is 6.12. The van der Waals surface area contributed by atoms with Crippen LogP contribution in [0, 0.1) is 0 Å². The van der Waals surface area contributed by atoms with E-state index in [0.717, 1.165) is 33.6 Å². The second kappa shape index (κ2) is 6.46. The molecule has 2 heterocycles. The number of rotatable bonds is 4. The number of hydrogen-bond acceptors (Lipinski definition) is 5. The fourth-order valence-electron chi connectivity index (χ4n) is 2.92. The molecule has 6 nitrogen and oxygen atoms in total. The molecule has 0 bridgehead atoms. The van der Waals surface area contributed by atoms with E-state index < -0.39 is 0 Å². The molecule has 0 saturated carbocycles. The second-order valence-electron chi connectivity index (χ2n) is 6.25. The summed E-state index contributed by atoms with van der Waals surface area (Å²) in [4.78, 5) is 15.6. The van der Waals surface area contributed by atoms with Gasteiger partial charge >= 0.3 is 6.01 Å². The van der Waals surface area contributed by atoms with E-state index in [2.05, 4.69) is 15.0 Å². The molecule has 2 aromatic heterocycles. The van der Waals surface area contributed by atoms with Crippen molar-refractivity contribution in [3.05, 3.63) is 53.3 Å². The molecule has 132 valence electrons. The molecule has 7 heteroatoms. The summed E-state index contributed by atoms with van der Waals surface area (Å²) in [6.07, 6.45) is 0. The molecule has 0 atom stereocenters. The Kier molecular flexibility index (Phi) is 4.12. The molecule has 0 aliphatic carbocycles. The van der Waals surface area contributed by atoms with Crippen molar-refractivity contribution < 1.29 is 4.74 Å². The highest BCUT2D eigenvalue weighted by molar-refractivity contribution is 6.31. The van der Waals surface area contributed by atoms with Gasteiger partial charge in [-0.15, -0.1) is 0 Å². The smallest absolute Gasteiger partial charge is 0.319 e. The normalized spacial score (nSPS) is 11.2. The van der Waals surface area contributed by atoms with Crippen LogP contribution in [-0.4, -0.2) is 33.6 Å². The summed E-state index contributed by atoms with van der Waals surface area (Å²) in [5, 5.41) is 1.54. The van der Waals surface area contributed by atoms with Crippen LogP contribution in [0.5, 0.6) is 6.01 Å². The molecule has 0 fully saturated rings. The van der Waals surface area contributed by atoms with Crippen molar-refractivity contribution in [3.63, 3.8) is 0 Å². The van der Waals surface area contributed by atoms with Crippen molar-refractivity contribution in [2.45, 2.75) is 6.61 Å². The van der Waals surface area contributed by atoms with E-state index in [1.54, 1.807) is 0 Å². The van der Waals surface area contributed by atoms with Crippen molar-refractivity contribution >= 4 is 39.4 Å². The zero-order chi connectivity index (χ0) is 18.3. The second-order valence-corrected chi connectivity index (χ2v) is 6.69. The minimum Gasteiger partial charge on any atom is -0.455 e. The average Bonchev–Trinajstić information content (AvgIpc) is 2.95. The van der Waals surface area contributed by atoms with Crippen LogP contribution in [0.1, 0.15) is 5.82 Å². The standard InChI is InChI=1S/C19H18ClN5O/c1-24(2)18-13-10-12(20)8-9-14(13)22-19(23-18)26-11-17-21-15-6-4-5-7-16(15)25(17)3/h4-10H,11H2,1-3H3. The van der Waals surface area contributed by atoms with Crippen LogP contribution in [0.4, 0.5) is 5.82 Å². The monoisotopic (exact) mass is 367 g/mol. The highest BCUT2D eigenvalue weighted by Crippen LogP contribution is 2.27. The van der Waals surface area contributed by atoms with Crippen molar-refractivity contribution in [3.8, 4) is 6.01 Å². The minimum atomic E-state index is 0.289. The number of halogens is 1. The number of hydrogen-bond donors (Lipinski definition) is 0. The number of aromatic nitrogens is 4. The predicted octanol–water partition coefficient (Wildman–Crippen LogP) is 3.81. The number of ether oxygens (including phenoxy) is 1. The predicted molar refractivity (Wildman–Crippen MR) is 104 cm³/mol. The third kappa shape index (κ3) is 2.93. The molecule has 0 N–H and O–H groups in total. The summed E-state index contributed by atoms with van der Waals surface area (Å²) in [7, 11) is 5.83. The van der Waals surface area contributed by atoms with E-state index >= 15 is 0 Å². The number of benzene rings is 2. The molecule has 0 spiro atoms. The van der Waals surface area contributed by atoms with Gasteiger partial charge in [0.05, 0.1) is 16.6 Å². The highest BCUT2D eigenvalue weighted by atomic mass is 35.5. The molecule has 0 aliphatic rings. The quantitative estimate of drug-likeness (QED) is 0.549. The first-order valence-electron chi connectivity index (χ1n) is 8.20. The summed E-state index contributed by atoms with van der Waals surface area (Å²) in [5.41, 5.74) is 2.79. The maximum Gasteiger partial charge on any atom is 0.319 e.